The first-order valence-electron chi connectivity index (χ1n) is 24.8. The molecular weight excluding hydrogens is 889 g/mol. The van der Waals surface area contributed by atoms with Crippen molar-refractivity contribution in [3.8, 4) is 34.5 Å². The number of fused-ring (bicyclic) bond motifs is 15. The second-order valence-electron chi connectivity index (χ2n) is 19.2. The number of nitriles is 1. The highest BCUT2D eigenvalue weighted by atomic mass is 15.1. The van der Waals surface area contributed by atoms with E-state index in [0.29, 0.717) is 5.56 Å². The molecular formula is C67H40N6. The van der Waals surface area contributed by atoms with Crippen molar-refractivity contribution in [2.24, 2.45) is 0 Å². The molecule has 0 aliphatic carbocycles. The Bertz CT molecular complexity index is 4650. The van der Waals surface area contributed by atoms with Gasteiger partial charge in [0.2, 0.25) is 0 Å². The second kappa shape index (κ2) is 15.0. The monoisotopic (exact) mass is 928 g/mol. The summed E-state index contributed by atoms with van der Waals surface area (Å²) in [4.78, 5) is 0. The van der Waals surface area contributed by atoms with Crippen molar-refractivity contribution in [3.63, 3.8) is 0 Å². The molecule has 16 aromatic rings. The van der Waals surface area contributed by atoms with Crippen LogP contribution >= 0.6 is 0 Å². The summed E-state index contributed by atoms with van der Waals surface area (Å²) >= 11 is 0. The highest BCUT2D eigenvalue weighted by Crippen LogP contribution is 2.45. The van der Waals surface area contributed by atoms with Gasteiger partial charge in [0, 0.05) is 65.2 Å². The molecule has 0 saturated heterocycles. The number of aromatic nitrogens is 5. The molecule has 0 unspecified atom stereocenters. The third kappa shape index (κ3) is 5.45. The first kappa shape index (κ1) is 39.7. The maximum Gasteiger partial charge on any atom is 0.0993 e. The predicted molar refractivity (Wildman–Crippen MR) is 303 cm³/mol. The number of para-hydroxylation sites is 8. The third-order valence-electron chi connectivity index (χ3n) is 15.5. The molecule has 73 heavy (non-hydrogen) atoms. The van der Waals surface area contributed by atoms with Crippen LogP contribution in [0.3, 0.4) is 0 Å². The van der Waals surface area contributed by atoms with E-state index in [1.54, 1.807) is 0 Å². The number of nitrogens with zero attached hydrogens (tertiary/aromatic N) is 6. The van der Waals surface area contributed by atoms with Crippen LogP contribution in [0.25, 0.3) is 137 Å². The summed E-state index contributed by atoms with van der Waals surface area (Å²) in [6.07, 6.45) is 0. The van der Waals surface area contributed by atoms with Gasteiger partial charge in [0.25, 0.3) is 0 Å². The van der Waals surface area contributed by atoms with Crippen LogP contribution in [0.2, 0.25) is 0 Å². The van der Waals surface area contributed by atoms with Gasteiger partial charge in [-0.3, -0.25) is 0 Å². The largest absolute Gasteiger partial charge is 0.309 e. The molecule has 0 atom stereocenters. The van der Waals surface area contributed by atoms with E-state index < -0.39 is 0 Å². The Balaban J connectivity index is 1.03. The van der Waals surface area contributed by atoms with Gasteiger partial charge >= 0.3 is 0 Å². The first-order valence-corrected chi connectivity index (χ1v) is 24.8. The SMILES string of the molecule is N#Cc1cc(-n2c3ccccc3c3cc(-n4c5ccccc5c5ccccc54)ccc32)c(-n2c3ccccc3c3ccccc32)c(-n2c3ccccc3c3cc(-n4c5ccccc5c5ccccc54)ccc32)c1. The van der Waals surface area contributed by atoms with Gasteiger partial charge in [-0.05, 0) is 97.1 Å². The summed E-state index contributed by atoms with van der Waals surface area (Å²) in [7, 11) is 0. The summed E-state index contributed by atoms with van der Waals surface area (Å²) in [5.74, 6) is 0. The highest BCUT2D eigenvalue weighted by molar-refractivity contribution is 6.16. The van der Waals surface area contributed by atoms with Crippen LogP contribution in [0.1, 0.15) is 5.56 Å². The highest BCUT2D eigenvalue weighted by Gasteiger charge is 2.27. The zero-order chi connectivity index (χ0) is 47.9. The molecule has 16 rings (SSSR count). The Kier molecular flexibility index (Phi) is 8.14. The predicted octanol–water partition coefficient (Wildman–Crippen LogP) is 17.0. The van der Waals surface area contributed by atoms with Gasteiger partial charge in [-0.25, -0.2) is 0 Å². The Morgan fingerprint density at radius 3 is 0.781 bits per heavy atom. The van der Waals surface area contributed by atoms with E-state index in [-0.39, 0.29) is 0 Å². The van der Waals surface area contributed by atoms with Gasteiger partial charge in [-0.2, -0.15) is 5.26 Å². The smallest absolute Gasteiger partial charge is 0.0993 e. The zero-order valence-corrected chi connectivity index (χ0v) is 39.3. The van der Waals surface area contributed by atoms with Crippen molar-refractivity contribution >= 4 is 109 Å². The lowest BCUT2D eigenvalue weighted by Gasteiger charge is -2.22. The van der Waals surface area contributed by atoms with E-state index in [9.17, 15) is 5.26 Å². The number of benzene rings is 11. The second-order valence-corrected chi connectivity index (χ2v) is 19.2. The van der Waals surface area contributed by atoms with E-state index in [4.69, 9.17) is 0 Å². The van der Waals surface area contributed by atoms with Crippen molar-refractivity contribution < 1.29 is 0 Å². The average Bonchev–Trinajstić information content (AvgIpc) is 4.24. The van der Waals surface area contributed by atoms with Crippen LogP contribution in [0, 0.1) is 11.3 Å². The summed E-state index contributed by atoms with van der Waals surface area (Å²) < 4.78 is 12.0. The van der Waals surface area contributed by atoms with Crippen molar-refractivity contribution in [1.29, 1.82) is 5.26 Å². The number of rotatable bonds is 5. The lowest BCUT2D eigenvalue weighted by Crippen LogP contribution is -2.10. The maximum absolute atomic E-state index is 11.2. The van der Waals surface area contributed by atoms with Gasteiger partial charge in [0.1, 0.15) is 0 Å². The minimum Gasteiger partial charge on any atom is -0.309 e. The maximum atomic E-state index is 11.2. The average molecular weight is 929 g/mol. The fourth-order valence-electron chi connectivity index (χ4n) is 12.5. The number of hydrogen-bond acceptors (Lipinski definition) is 1. The molecule has 0 aliphatic rings. The lowest BCUT2D eigenvalue weighted by atomic mass is 10.1. The molecule has 0 bridgehead atoms. The summed E-state index contributed by atoms with van der Waals surface area (Å²) in [6, 6.07) is 90.2. The summed E-state index contributed by atoms with van der Waals surface area (Å²) in [5, 5.41) is 23.0. The molecule has 0 N–H and O–H groups in total. The number of hydrogen-bond donors (Lipinski definition) is 0. The van der Waals surface area contributed by atoms with Crippen LogP contribution < -0.4 is 0 Å². The molecule has 5 heterocycles. The molecule has 0 amide bonds. The van der Waals surface area contributed by atoms with E-state index in [0.717, 1.165) is 93.9 Å². The zero-order valence-electron chi connectivity index (χ0n) is 39.3. The molecule has 0 fully saturated rings. The van der Waals surface area contributed by atoms with Gasteiger partial charge < -0.3 is 22.8 Å². The Morgan fingerprint density at radius 2 is 0.479 bits per heavy atom. The topological polar surface area (TPSA) is 48.4 Å². The minimum absolute atomic E-state index is 0.565. The van der Waals surface area contributed by atoms with Gasteiger partial charge in [0.15, 0.2) is 0 Å². The quantitative estimate of drug-likeness (QED) is 0.170. The minimum atomic E-state index is 0.565. The fraction of sp³-hybridized carbons (Fsp3) is 0. The van der Waals surface area contributed by atoms with Gasteiger partial charge in [-0.15, -0.1) is 0 Å². The van der Waals surface area contributed by atoms with E-state index in [2.05, 4.69) is 272 Å². The molecule has 6 nitrogen and oxygen atoms in total. The van der Waals surface area contributed by atoms with Gasteiger partial charge in [-0.1, -0.05) is 146 Å². The Hall–Kier alpha value is -10.1. The molecule has 6 heteroatoms. The van der Waals surface area contributed by atoms with Crippen LogP contribution in [0.4, 0.5) is 0 Å². The third-order valence-corrected chi connectivity index (χ3v) is 15.5. The Labute approximate surface area is 417 Å². The molecule has 338 valence electrons. The van der Waals surface area contributed by atoms with E-state index in [1.165, 1.54) is 43.6 Å². The standard InChI is InChI=1S/C67H40N6/c68-41-42-37-65(71-59-29-13-7-23-51(59)53-39-43(33-35-63(53)71)69-55-25-9-1-17-45(55)46-18-2-10-26-56(46)69)67(73-61-31-15-5-21-49(61)50-22-6-16-32-62(50)73)66(38-42)72-60-30-14-8-24-52(60)54-40-44(34-36-64(54)72)70-57-27-11-3-19-47(57)48-20-4-12-28-58(48)70/h1-40H. The lowest BCUT2D eigenvalue weighted by molar-refractivity contribution is 1.05. The van der Waals surface area contributed by atoms with Crippen LogP contribution in [0.15, 0.2) is 243 Å². The normalized spacial score (nSPS) is 12.1. The van der Waals surface area contributed by atoms with Crippen molar-refractivity contribution in [3.05, 3.63) is 248 Å². The molecule has 0 spiro atoms. The molecule has 11 aromatic carbocycles. The summed E-state index contributed by atoms with van der Waals surface area (Å²) in [5.41, 5.74) is 16.6. The Morgan fingerprint density at radius 1 is 0.233 bits per heavy atom. The fourth-order valence-corrected chi connectivity index (χ4v) is 12.5. The van der Waals surface area contributed by atoms with Crippen molar-refractivity contribution in [2.45, 2.75) is 0 Å². The molecule has 5 aromatic heterocycles. The van der Waals surface area contributed by atoms with Gasteiger partial charge in [0.05, 0.1) is 83.9 Å². The van der Waals surface area contributed by atoms with Crippen LogP contribution in [-0.2, 0) is 0 Å². The molecule has 0 radical (unpaired) electrons. The van der Waals surface area contributed by atoms with E-state index >= 15 is 0 Å². The summed E-state index contributed by atoms with van der Waals surface area (Å²) in [6.45, 7) is 0. The first-order chi connectivity index (χ1) is 36.2. The van der Waals surface area contributed by atoms with Crippen molar-refractivity contribution in [1.82, 2.24) is 22.8 Å². The van der Waals surface area contributed by atoms with Crippen LogP contribution in [0.5, 0.6) is 0 Å². The van der Waals surface area contributed by atoms with Crippen LogP contribution in [-0.4, -0.2) is 22.8 Å². The van der Waals surface area contributed by atoms with E-state index in [1.807, 2.05) is 0 Å². The molecule has 0 saturated carbocycles. The van der Waals surface area contributed by atoms with Crippen molar-refractivity contribution in [2.75, 3.05) is 0 Å². The molecule has 0 aliphatic heterocycles.